The number of hydrogen-bond donors (Lipinski definition) is 0. The first kappa shape index (κ1) is 22.7. The lowest BCUT2D eigenvalue weighted by Crippen LogP contribution is -2.08. The normalized spacial score (nSPS) is 15.8. The molecule has 3 aromatic rings. The van der Waals surface area contributed by atoms with Crippen molar-refractivity contribution < 1.29 is 23.1 Å². The third-order valence-electron chi connectivity index (χ3n) is 5.71. The number of aryl methyl sites for hydroxylation is 1. The predicted octanol–water partition coefficient (Wildman–Crippen LogP) is 5.76. The van der Waals surface area contributed by atoms with E-state index in [1.54, 1.807) is 27.5 Å². The van der Waals surface area contributed by atoms with E-state index in [9.17, 15) is 19.1 Å². The molecule has 0 unspecified atom stereocenters. The molecule has 176 valence electrons. The average Bonchev–Trinajstić information content (AvgIpc) is 3.71. The van der Waals surface area contributed by atoms with Crippen molar-refractivity contribution in [1.82, 2.24) is 9.34 Å². The Morgan fingerprint density at radius 2 is 1.68 bits per heavy atom. The van der Waals surface area contributed by atoms with Gasteiger partial charge in [-0.2, -0.15) is 0 Å². The van der Waals surface area contributed by atoms with Gasteiger partial charge in [0.15, 0.2) is 0 Å². The number of nitro benzene ring substituents is 1. The molecular formula is C24H23FN3O5P. The number of nitro groups is 1. The molecule has 10 heteroatoms. The molecule has 0 spiro atoms. The minimum absolute atomic E-state index is 0.0132. The van der Waals surface area contributed by atoms with E-state index in [1.807, 2.05) is 31.2 Å². The van der Waals surface area contributed by atoms with Gasteiger partial charge in [0.1, 0.15) is 11.6 Å². The van der Waals surface area contributed by atoms with Crippen molar-refractivity contribution >= 4 is 13.4 Å². The van der Waals surface area contributed by atoms with E-state index in [0.717, 1.165) is 37.3 Å². The Bertz CT molecular complexity index is 1280. The molecular weight excluding hydrogens is 460 g/mol. The van der Waals surface area contributed by atoms with Crippen LogP contribution in [0.15, 0.2) is 60.7 Å². The van der Waals surface area contributed by atoms with Gasteiger partial charge in [-0.15, -0.1) is 0 Å². The number of halogens is 1. The van der Waals surface area contributed by atoms with E-state index in [4.69, 9.17) is 9.26 Å². The zero-order valence-corrected chi connectivity index (χ0v) is 19.4. The molecule has 0 aromatic heterocycles. The van der Waals surface area contributed by atoms with Gasteiger partial charge in [-0.05, 0) is 42.3 Å². The Labute approximate surface area is 196 Å². The number of rotatable bonds is 9. The molecule has 8 nitrogen and oxygen atoms in total. The summed E-state index contributed by atoms with van der Waals surface area (Å²) in [6, 6.07) is 16.1. The SMILES string of the molecule is Cc1ccc(-c2ccc(Oc3cc(COP(=O)(N4CC4)N4CC4)ccc3[N+](=O)[O-])cc2F)cc1. The maximum Gasteiger partial charge on any atom is 0.346 e. The summed E-state index contributed by atoms with van der Waals surface area (Å²) in [5.41, 5.74) is 2.51. The Kier molecular flexibility index (Phi) is 5.95. The van der Waals surface area contributed by atoms with E-state index in [1.165, 1.54) is 18.2 Å². The molecule has 0 atom stereocenters. The molecule has 2 heterocycles. The molecule has 2 aliphatic heterocycles. The fourth-order valence-corrected chi connectivity index (χ4v) is 5.82. The second-order valence-corrected chi connectivity index (χ2v) is 10.7. The van der Waals surface area contributed by atoms with Gasteiger partial charge in [0.05, 0.1) is 11.5 Å². The van der Waals surface area contributed by atoms with E-state index >= 15 is 0 Å². The molecule has 0 aliphatic carbocycles. The van der Waals surface area contributed by atoms with Crippen molar-refractivity contribution in [2.75, 3.05) is 26.2 Å². The Morgan fingerprint density at radius 3 is 2.26 bits per heavy atom. The predicted molar refractivity (Wildman–Crippen MR) is 125 cm³/mol. The van der Waals surface area contributed by atoms with E-state index < -0.39 is 18.4 Å². The van der Waals surface area contributed by atoms with Gasteiger partial charge in [0.2, 0.25) is 5.75 Å². The van der Waals surface area contributed by atoms with E-state index in [0.29, 0.717) is 11.1 Å². The number of ether oxygens (including phenoxy) is 1. The summed E-state index contributed by atoms with van der Waals surface area (Å²) in [5.74, 6) is -0.406. The van der Waals surface area contributed by atoms with Crippen LogP contribution in [0.1, 0.15) is 11.1 Å². The topological polar surface area (TPSA) is 84.7 Å². The van der Waals surface area contributed by atoms with Crippen LogP contribution >= 0.6 is 7.67 Å². The summed E-state index contributed by atoms with van der Waals surface area (Å²) < 4.78 is 43.0. The highest BCUT2D eigenvalue weighted by Crippen LogP contribution is 2.61. The zero-order chi connectivity index (χ0) is 23.9. The number of hydrogen-bond acceptors (Lipinski definition) is 5. The van der Waals surface area contributed by atoms with Gasteiger partial charge in [-0.25, -0.2) is 13.7 Å². The lowest BCUT2D eigenvalue weighted by atomic mass is 10.0. The van der Waals surface area contributed by atoms with Crippen LogP contribution in [-0.4, -0.2) is 40.4 Å². The molecule has 0 bridgehead atoms. The first-order chi connectivity index (χ1) is 16.3. The molecule has 34 heavy (non-hydrogen) atoms. The first-order valence-electron chi connectivity index (χ1n) is 10.9. The van der Waals surface area contributed by atoms with Crippen LogP contribution in [0.25, 0.3) is 11.1 Å². The molecule has 2 aliphatic rings. The molecule has 0 saturated carbocycles. The summed E-state index contributed by atoms with van der Waals surface area (Å²) in [6.07, 6.45) is 0. The smallest absolute Gasteiger partial charge is 0.346 e. The molecule has 0 N–H and O–H groups in total. The maximum atomic E-state index is 14.8. The van der Waals surface area contributed by atoms with Crippen molar-refractivity contribution in [3.8, 4) is 22.6 Å². The lowest BCUT2D eigenvalue weighted by Gasteiger charge is -2.19. The highest BCUT2D eigenvalue weighted by atomic mass is 31.2. The zero-order valence-electron chi connectivity index (χ0n) is 18.5. The van der Waals surface area contributed by atoms with Crippen LogP contribution in [0.5, 0.6) is 11.5 Å². The largest absolute Gasteiger partial charge is 0.450 e. The maximum absolute atomic E-state index is 14.8. The lowest BCUT2D eigenvalue weighted by molar-refractivity contribution is -0.385. The monoisotopic (exact) mass is 483 g/mol. The van der Waals surface area contributed by atoms with Crippen molar-refractivity contribution in [1.29, 1.82) is 0 Å². The van der Waals surface area contributed by atoms with Crippen molar-refractivity contribution in [2.24, 2.45) is 0 Å². The van der Waals surface area contributed by atoms with Crippen molar-refractivity contribution in [3.05, 3.63) is 87.7 Å². The summed E-state index contributed by atoms with van der Waals surface area (Å²) in [7, 11) is -3.02. The van der Waals surface area contributed by atoms with Crippen molar-refractivity contribution in [3.63, 3.8) is 0 Å². The van der Waals surface area contributed by atoms with Crippen LogP contribution < -0.4 is 4.74 Å². The quantitative estimate of drug-likeness (QED) is 0.166. The molecule has 2 saturated heterocycles. The summed E-state index contributed by atoms with van der Waals surface area (Å²) in [6.45, 7) is 4.88. The van der Waals surface area contributed by atoms with Gasteiger partial charge in [0, 0.05) is 43.9 Å². The number of benzene rings is 3. The van der Waals surface area contributed by atoms with Crippen LogP contribution in [0.2, 0.25) is 0 Å². The van der Waals surface area contributed by atoms with Gasteiger partial charge >= 0.3 is 13.4 Å². The second-order valence-electron chi connectivity index (χ2n) is 8.34. The summed E-state index contributed by atoms with van der Waals surface area (Å²) in [4.78, 5) is 11.0. The third kappa shape index (κ3) is 4.74. The van der Waals surface area contributed by atoms with Crippen LogP contribution in [0.4, 0.5) is 10.1 Å². The second kappa shape index (κ2) is 8.92. The molecule has 5 rings (SSSR count). The van der Waals surface area contributed by atoms with Gasteiger partial charge in [-0.1, -0.05) is 29.8 Å². The molecule has 0 amide bonds. The minimum Gasteiger partial charge on any atom is -0.450 e. The fraction of sp³-hybridized carbons (Fsp3) is 0.250. The highest BCUT2D eigenvalue weighted by molar-refractivity contribution is 7.54. The molecule has 2 fully saturated rings. The van der Waals surface area contributed by atoms with E-state index in [-0.39, 0.29) is 23.8 Å². The highest BCUT2D eigenvalue weighted by Gasteiger charge is 2.49. The van der Waals surface area contributed by atoms with E-state index in [2.05, 4.69) is 0 Å². The van der Waals surface area contributed by atoms with Crippen LogP contribution in [0.3, 0.4) is 0 Å². The minimum atomic E-state index is -3.02. The standard InChI is InChI=1S/C24H23FN3O5P/c1-17-2-5-19(6-3-17)21-8-7-20(15-22(21)25)33-24-14-18(4-9-23(24)28(29)30)16-32-34(31,26-10-11-26)27-12-13-27/h2-9,14-15H,10-13,16H2,1H3. The van der Waals surface area contributed by atoms with Crippen molar-refractivity contribution in [2.45, 2.75) is 13.5 Å². The van der Waals surface area contributed by atoms with Gasteiger partial charge in [-0.3, -0.25) is 14.7 Å². The Morgan fingerprint density at radius 1 is 1.00 bits per heavy atom. The Hall–Kier alpha value is -3.10. The third-order valence-corrected chi connectivity index (χ3v) is 8.41. The van der Waals surface area contributed by atoms with Gasteiger partial charge in [0.25, 0.3) is 0 Å². The average molecular weight is 483 g/mol. The summed E-state index contributed by atoms with van der Waals surface area (Å²) >= 11 is 0. The van der Waals surface area contributed by atoms with Crippen LogP contribution in [0, 0.1) is 22.9 Å². The summed E-state index contributed by atoms with van der Waals surface area (Å²) in [5, 5.41) is 11.5. The fourth-order valence-electron chi connectivity index (χ4n) is 3.63. The molecule has 3 aromatic carbocycles. The number of nitrogens with zero attached hydrogens (tertiary/aromatic N) is 3. The van der Waals surface area contributed by atoms with Crippen LogP contribution in [-0.2, 0) is 15.7 Å². The van der Waals surface area contributed by atoms with Gasteiger partial charge < -0.3 is 9.26 Å². The molecule has 0 radical (unpaired) electrons. The Balaban J connectivity index is 1.37. The first-order valence-corrected chi connectivity index (χ1v) is 12.4.